The molecule has 1 heterocycles. The summed E-state index contributed by atoms with van der Waals surface area (Å²) in [6.07, 6.45) is 3.45. The lowest BCUT2D eigenvalue weighted by molar-refractivity contribution is 0.0684. The van der Waals surface area contributed by atoms with Crippen LogP contribution in [-0.2, 0) is 6.54 Å². The number of hydrogen-bond acceptors (Lipinski definition) is 4. The first-order valence-electron chi connectivity index (χ1n) is 9.45. The molecule has 5 heteroatoms. The van der Waals surface area contributed by atoms with Crippen LogP contribution in [0.25, 0.3) is 0 Å². The van der Waals surface area contributed by atoms with E-state index in [0.29, 0.717) is 18.1 Å². The SMILES string of the molecule is CCCCCNc1cc(C(=O)N(Cc2ccccc2)C(C)C)nc(C)n1. The third kappa shape index (κ3) is 5.83. The lowest BCUT2D eigenvalue weighted by atomic mass is 10.1. The van der Waals surface area contributed by atoms with Gasteiger partial charge in [-0.15, -0.1) is 0 Å². The van der Waals surface area contributed by atoms with Crippen molar-refractivity contribution < 1.29 is 4.79 Å². The summed E-state index contributed by atoms with van der Waals surface area (Å²) in [5.74, 6) is 1.27. The number of rotatable bonds is 9. The van der Waals surface area contributed by atoms with Gasteiger partial charge in [-0.3, -0.25) is 4.79 Å². The topological polar surface area (TPSA) is 58.1 Å². The maximum absolute atomic E-state index is 13.1. The normalized spacial score (nSPS) is 10.8. The summed E-state index contributed by atoms with van der Waals surface area (Å²) in [6, 6.07) is 11.9. The van der Waals surface area contributed by atoms with Crippen LogP contribution in [0.3, 0.4) is 0 Å². The molecule has 2 aromatic rings. The van der Waals surface area contributed by atoms with E-state index < -0.39 is 0 Å². The number of amides is 1. The minimum absolute atomic E-state index is 0.0639. The Bertz CT molecular complexity index is 700. The molecule has 26 heavy (non-hydrogen) atoms. The first-order valence-corrected chi connectivity index (χ1v) is 9.45. The highest BCUT2D eigenvalue weighted by atomic mass is 16.2. The smallest absolute Gasteiger partial charge is 0.273 e. The lowest BCUT2D eigenvalue weighted by Crippen LogP contribution is -2.37. The van der Waals surface area contributed by atoms with Crippen LogP contribution in [0.15, 0.2) is 36.4 Å². The molecule has 0 aliphatic rings. The van der Waals surface area contributed by atoms with Gasteiger partial charge in [0.25, 0.3) is 5.91 Å². The summed E-state index contributed by atoms with van der Waals surface area (Å²) in [6.45, 7) is 9.48. The van der Waals surface area contributed by atoms with Crippen molar-refractivity contribution in [1.82, 2.24) is 14.9 Å². The van der Waals surface area contributed by atoms with Gasteiger partial charge in [-0.05, 0) is 32.8 Å². The van der Waals surface area contributed by atoms with E-state index in [9.17, 15) is 4.79 Å². The number of carbonyl (C=O) groups excluding carboxylic acids is 1. The molecular weight excluding hydrogens is 324 g/mol. The third-order valence-electron chi connectivity index (χ3n) is 4.22. The Morgan fingerprint density at radius 3 is 2.54 bits per heavy atom. The molecule has 5 nitrogen and oxygen atoms in total. The van der Waals surface area contributed by atoms with E-state index in [4.69, 9.17) is 0 Å². The maximum Gasteiger partial charge on any atom is 0.273 e. The largest absolute Gasteiger partial charge is 0.370 e. The van der Waals surface area contributed by atoms with Crippen LogP contribution < -0.4 is 5.32 Å². The van der Waals surface area contributed by atoms with Crippen molar-refractivity contribution >= 4 is 11.7 Å². The summed E-state index contributed by atoms with van der Waals surface area (Å²) >= 11 is 0. The Labute approximate surface area is 156 Å². The fraction of sp³-hybridized carbons (Fsp3) is 0.476. The molecule has 2 rings (SSSR count). The molecule has 0 fully saturated rings. The summed E-state index contributed by atoms with van der Waals surface area (Å²) < 4.78 is 0. The third-order valence-corrected chi connectivity index (χ3v) is 4.22. The first kappa shape index (κ1) is 19.9. The molecule has 0 aliphatic carbocycles. The zero-order valence-corrected chi connectivity index (χ0v) is 16.3. The van der Waals surface area contributed by atoms with Gasteiger partial charge in [0.15, 0.2) is 0 Å². The Balaban J connectivity index is 2.15. The molecule has 0 unspecified atom stereocenters. The van der Waals surface area contributed by atoms with Crippen molar-refractivity contribution in [2.24, 2.45) is 0 Å². The van der Waals surface area contributed by atoms with Crippen molar-refractivity contribution in [2.45, 2.75) is 59.5 Å². The molecule has 0 saturated heterocycles. The molecule has 1 N–H and O–H groups in total. The molecule has 1 aromatic heterocycles. The Morgan fingerprint density at radius 1 is 1.15 bits per heavy atom. The number of aryl methyl sites for hydroxylation is 1. The zero-order chi connectivity index (χ0) is 18.9. The number of nitrogens with one attached hydrogen (secondary N) is 1. The number of nitrogens with zero attached hydrogens (tertiary/aromatic N) is 3. The maximum atomic E-state index is 13.1. The average molecular weight is 354 g/mol. The Hall–Kier alpha value is -2.43. The van der Waals surface area contributed by atoms with E-state index in [1.165, 1.54) is 12.8 Å². The van der Waals surface area contributed by atoms with Gasteiger partial charge in [0, 0.05) is 25.2 Å². The van der Waals surface area contributed by atoms with E-state index >= 15 is 0 Å². The van der Waals surface area contributed by atoms with Gasteiger partial charge in [-0.25, -0.2) is 9.97 Å². The number of unbranched alkanes of at least 4 members (excludes halogenated alkanes) is 2. The van der Waals surface area contributed by atoms with Crippen molar-refractivity contribution in [3.63, 3.8) is 0 Å². The minimum atomic E-state index is -0.0639. The van der Waals surface area contributed by atoms with Gasteiger partial charge in [-0.2, -0.15) is 0 Å². The predicted octanol–water partition coefficient (Wildman–Crippen LogP) is 4.44. The van der Waals surface area contributed by atoms with Gasteiger partial charge in [0.05, 0.1) is 0 Å². The van der Waals surface area contributed by atoms with Crippen LogP contribution in [0.2, 0.25) is 0 Å². The molecule has 140 valence electrons. The Morgan fingerprint density at radius 2 is 1.88 bits per heavy atom. The molecule has 0 spiro atoms. The van der Waals surface area contributed by atoms with Gasteiger partial charge in [0.2, 0.25) is 0 Å². The van der Waals surface area contributed by atoms with Crippen LogP contribution in [0.4, 0.5) is 5.82 Å². The van der Waals surface area contributed by atoms with Crippen LogP contribution in [0, 0.1) is 6.92 Å². The summed E-state index contributed by atoms with van der Waals surface area (Å²) in [4.78, 5) is 23.7. The summed E-state index contributed by atoms with van der Waals surface area (Å²) in [5.41, 5.74) is 1.55. The second-order valence-electron chi connectivity index (χ2n) is 6.83. The first-order chi connectivity index (χ1) is 12.5. The minimum Gasteiger partial charge on any atom is -0.370 e. The van der Waals surface area contributed by atoms with Crippen LogP contribution in [0.5, 0.6) is 0 Å². The van der Waals surface area contributed by atoms with E-state index in [0.717, 1.165) is 24.3 Å². The highest BCUT2D eigenvalue weighted by Crippen LogP contribution is 2.15. The number of aromatic nitrogens is 2. The summed E-state index contributed by atoms with van der Waals surface area (Å²) in [5, 5.41) is 3.31. The van der Waals surface area contributed by atoms with Crippen molar-refractivity contribution in [1.29, 1.82) is 0 Å². The molecule has 1 aromatic carbocycles. The van der Waals surface area contributed by atoms with Gasteiger partial charge in [-0.1, -0.05) is 50.1 Å². The standard InChI is InChI=1S/C21H30N4O/c1-5-6-10-13-22-20-14-19(23-17(4)24-20)21(26)25(16(2)3)15-18-11-8-7-9-12-18/h7-9,11-12,14,16H,5-6,10,13,15H2,1-4H3,(H,22,23,24). The monoisotopic (exact) mass is 354 g/mol. The highest BCUT2D eigenvalue weighted by Gasteiger charge is 2.21. The molecular formula is C21H30N4O. The molecule has 0 radical (unpaired) electrons. The van der Waals surface area contributed by atoms with E-state index in [1.54, 1.807) is 6.07 Å². The fourth-order valence-corrected chi connectivity index (χ4v) is 2.78. The lowest BCUT2D eigenvalue weighted by Gasteiger charge is -2.26. The van der Waals surface area contributed by atoms with Crippen LogP contribution in [0.1, 0.15) is 61.9 Å². The zero-order valence-electron chi connectivity index (χ0n) is 16.3. The number of benzene rings is 1. The van der Waals surface area contributed by atoms with Crippen LogP contribution >= 0.6 is 0 Å². The number of anilines is 1. The molecule has 0 saturated carbocycles. The van der Waals surface area contributed by atoms with E-state index in [-0.39, 0.29) is 11.9 Å². The molecule has 0 bridgehead atoms. The van der Waals surface area contributed by atoms with Gasteiger partial charge in [0.1, 0.15) is 17.3 Å². The van der Waals surface area contributed by atoms with E-state index in [2.05, 4.69) is 22.2 Å². The number of carbonyl (C=O) groups is 1. The Kier molecular flexibility index (Phi) is 7.57. The average Bonchev–Trinajstić information content (AvgIpc) is 2.63. The number of hydrogen-bond donors (Lipinski definition) is 1. The van der Waals surface area contributed by atoms with Crippen molar-refractivity contribution in [3.05, 3.63) is 53.5 Å². The van der Waals surface area contributed by atoms with Gasteiger partial charge < -0.3 is 10.2 Å². The second-order valence-corrected chi connectivity index (χ2v) is 6.83. The summed E-state index contributed by atoms with van der Waals surface area (Å²) in [7, 11) is 0. The molecule has 0 aliphatic heterocycles. The molecule has 0 atom stereocenters. The van der Waals surface area contributed by atoms with Gasteiger partial charge >= 0.3 is 0 Å². The fourth-order valence-electron chi connectivity index (χ4n) is 2.78. The predicted molar refractivity (Wildman–Crippen MR) is 106 cm³/mol. The van der Waals surface area contributed by atoms with Crippen molar-refractivity contribution in [3.8, 4) is 0 Å². The quantitative estimate of drug-likeness (QED) is 0.677. The second kappa shape index (κ2) is 9.90. The van der Waals surface area contributed by atoms with Crippen molar-refractivity contribution in [2.75, 3.05) is 11.9 Å². The van der Waals surface area contributed by atoms with E-state index in [1.807, 2.05) is 56.0 Å². The van der Waals surface area contributed by atoms with Crippen LogP contribution in [-0.4, -0.2) is 33.4 Å². The molecule has 1 amide bonds. The highest BCUT2D eigenvalue weighted by molar-refractivity contribution is 5.93.